The van der Waals surface area contributed by atoms with Crippen molar-refractivity contribution in [3.05, 3.63) is 46.6 Å². The molecule has 0 saturated carbocycles. The first-order chi connectivity index (χ1) is 10.8. The summed E-state index contributed by atoms with van der Waals surface area (Å²) < 4.78 is 5.00. The highest BCUT2D eigenvalue weighted by Crippen LogP contribution is 2.40. The van der Waals surface area contributed by atoms with Crippen molar-refractivity contribution < 1.29 is 29.3 Å². The third-order valence-electron chi connectivity index (χ3n) is 4.22. The van der Waals surface area contributed by atoms with Crippen LogP contribution in [0.1, 0.15) is 34.1 Å². The maximum absolute atomic E-state index is 12.7. The van der Waals surface area contributed by atoms with E-state index >= 15 is 0 Å². The van der Waals surface area contributed by atoms with Crippen molar-refractivity contribution in [2.75, 3.05) is 7.11 Å². The summed E-state index contributed by atoms with van der Waals surface area (Å²) in [5, 5.41) is 20.3. The van der Waals surface area contributed by atoms with Crippen LogP contribution in [0.3, 0.4) is 0 Å². The number of carbonyl (C=O) groups is 3. The molecule has 0 heterocycles. The molecule has 0 aliphatic heterocycles. The average molecular weight is 314 g/mol. The first-order valence-electron chi connectivity index (χ1n) is 6.94. The molecule has 0 spiro atoms. The molecule has 6 nitrogen and oxygen atoms in total. The van der Waals surface area contributed by atoms with Gasteiger partial charge in [0, 0.05) is 29.2 Å². The summed E-state index contributed by atoms with van der Waals surface area (Å²) in [6, 6.07) is 2.63. The Morgan fingerprint density at radius 3 is 2.57 bits per heavy atom. The Kier molecular flexibility index (Phi) is 3.23. The molecule has 0 radical (unpaired) electrons. The normalized spacial score (nSPS) is 22.7. The number of Topliss-reactive ketones (excluding diaryl/α,β-unsaturated/α-hetero) is 3. The van der Waals surface area contributed by atoms with E-state index in [4.69, 9.17) is 4.74 Å². The van der Waals surface area contributed by atoms with Crippen LogP contribution in [0.15, 0.2) is 35.4 Å². The van der Waals surface area contributed by atoms with Gasteiger partial charge in [0.25, 0.3) is 0 Å². The number of ketones is 3. The van der Waals surface area contributed by atoms with Gasteiger partial charge in [0.2, 0.25) is 0 Å². The molecule has 1 aromatic rings. The lowest BCUT2D eigenvalue weighted by atomic mass is 9.74. The van der Waals surface area contributed by atoms with Crippen LogP contribution in [-0.4, -0.2) is 40.3 Å². The smallest absolute Gasteiger partial charge is 0.194 e. The molecule has 3 rings (SSSR count). The number of phenolic OH excluding ortho intramolecular Hbond substituents is 1. The molecule has 0 saturated heterocycles. The third-order valence-corrected chi connectivity index (χ3v) is 4.22. The maximum Gasteiger partial charge on any atom is 0.194 e. The lowest BCUT2D eigenvalue weighted by Gasteiger charge is -2.30. The topological polar surface area (TPSA) is 101 Å². The van der Waals surface area contributed by atoms with Crippen molar-refractivity contribution in [1.82, 2.24) is 0 Å². The standard InChI is InChI=1S/C17H14O6/c1-8(18)17(22)4-3-10-12(7-17)16(21)14-11(15(10)20)5-9(23-2)6-13(14)19/h3-6,19,22H,7H2,1-2H3. The van der Waals surface area contributed by atoms with Crippen molar-refractivity contribution in [1.29, 1.82) is 0 Å². The zero-order valence-electron chi connectivity index (χ0n) is 12.5. The van der Waals surface area contributed by atoms with Crippen LogP contribution in [0.25, 0.3) is 0 Å². The highest BCUT2D eigenvalue weighted by molar-refractivity contribution is 6.29. The third kappa shape index (κ3) is 2.10. The van der Waals surface area contributed by atoms with Crippen molar-refractivity contribution in [3.8, 4) is 11.5 Å². The first kappa shape index (κ1) is 15.2. The molecule has 23 heavy (non-hydrogen) atoms. The van der Waals surface area contributed by atoms with Crippen molar-refractivity contribution in [2.24, 2.45) is 0 Å². The molecule has 6 heteroatoms. The Bertz CT molecular complexity index is 830. The van der Waals surface area contributed by atoms with Crippen LogP contribution in [0, 0.1) is 0 Å². The van der Waals surface area contributed by atoms with Gasteiger partial charge in [0.05, 0.1) is 12.7 Å². The maximum atomic E-state index is 12.7. The van der Waals surface area contributed by atoms with Crippen LogP contribution >= 0.6 is 0 Å². The number of fused-ring (bicyclic) bond motifs is 1. The first-order valence-corrected chi connectivity index (χ1v) is 6.94. The molecular weight excluding hydrogens is 300 g/mol. The summed E-state index contributed by atoms with van der Waals surface area (Å²) in [4.78, 5) is 36.9. The van der Waals surface area contributed by atoms with Crippen molar-refractivity contribution >= 4 is 17.3 Å². The van der Waals surface area contributed by atoms with E-state index in [0.717, 1.165) is 0 Å². The summed E-state index contributed by atoms with van der Waals surface area (Å²) in [6.45, 7) is 1.21. The number of aromatic hydroxyl groups is 1. The number of methoxy groups -OCH3 is 1. The Morgan fingerprint density at radius 1 is 1.26 bits per heavy atom. The van der Waals surface area contributed by atoms with Crippen LogP contribution in [0.2, 0.25) is 0 Å². The van der Waals surface area contributed by atoms with Gasteiger partial charge >= 0.3 is 0 Å². The van der Waals surface area contributed by atoms with E-state index in [9.17, 15) is 24.6 Å². The number of allylic oxidation sites excluding steroid dienone is 2. The van der Waals surface area contributed by atoms with Crippen LogP contribution in [0.5, 0.6) is 11.5 Å². The molecule has 2 aliphatic rings. The highest BCUT2D eigenvalue weighted by atomic mass is 16.5. The second kappa shape index (κ2) is 4.89. The minimum Gasteiger partial charge on any atom is -0.507 e. The van der Waals surface area contributed by atoms with Crippen LogP contribution < -0.4 is 4.74 Å². The number of rotatable bonds is 2. The van der Waals surface area contributed by atoms with Crippen molar-refractivity contribution in [3.63, 3.8) is 0 Å². The summed E-state index contributed by atoms with van der Waals surface area (Å²) in [5.41, 5.74) is -1.74. The Labute approximate surface area is 131 Å². The van der Waals surface area contributed by atoms with Gasteiger partial charge < -0.3 is 14.9 Å². The minimum atomic E-state index is -1.81. The second-order valence-electron chi connectivity index (χ2n) is 5.61. The van der Waals surface area contributed by atoms with Gasteiger partial charge in [-0.1, -0.05) is 6.08 Å². The van der Waals surface area contributed by atoms with E-state index in [1.165, 1.54) is 38.3 Å². The Hall–Kier alpha value is -2.73. The Morgan fingerprint density at radius 2 is 1.96 bits per heavy atom. The van der Waals surface area contributed by atoms with E-state index in [1.54, 1.807) is 0 Å². The van der Waals surface area contributed by atoms with Crippen LogP contribution in [0.4, 0.5) is 0 Å². The number of aliphatic hydroxyl groups is 1. The van der Waals surface area contributed by atoms with Gasteiger partial charge in [0.15, 0.2) is 17.3 Å². The molecule has 1 unspecified atom stereocenters. The summed E-state index contributed by atoms with van der Waals surface area (Å²) >= 11 is 0. The fourth-order valence-corrected chi connectivity index (χ4v) is 2.84. The van der Waals surface area contributed by atoms with E-state index < -0.39 is 23.0 Å². The van der Waals surface area contributed by atoms with E-state index in [-0.39, 0.29) is 40.2 Å². The molecule has 2 aliphatic carbocycles. The molecule has 0 aromatic heterocycles. The van der Waals surface area contributed by atoms with Gasteiger partial charge in [0.1, 0.15) is 17.1 Å². The van der Waals surface area contributed by atoms with Gasteiger partial charge in [-0.3, -0.25) is 14.4 Å². The average Bonchev–Trinajstić information content (AvgIpc) is 2.51. The van der Waals surface area contributed by atoms with Gasteiger partial charge in [-0.05, 0) is 19.1 Å². The molecule has 1 atom stereocenters. The number of phenols is 1. The largest absolute Gasteiger partial charge is 0.507 e. The highest BCUT2D eigenvalue weighted by Gasteiger charge is 2.42. The predicted octanol–water partition coefficient (Wildman–Crippen LogP) is 1.36. The molecule has 1 aromatic carbocycles. The summed E-state index contributed by atoms with van der Waals surface area (Å²) in [5.74, 6) is -1.66. The number of ether oxygens (including phenoxy) is 1. The summed E-state index contributed by atoms with van der Waals surface area (Å²) in [7, 11) is 1.38. The monoisotopic (exact) mass is 314 g/mol. The fourth-order valence-electron chi connectivity index (χ4n) is 2.84. The van der Waals surface area contributed by atoms with E-state index in [2.05, 4.69) is 0 Å². The van der Waals surface area contributed by atoms with Crippen LogP contribution in [-0.2, 0) is 4.79 Å². The second-order valence-corrected chi connectivity index (χ2v) is 5.61. The molecule has 2 N–H and O–H groups in total. The van der Waals surface area contributed by atoms with Gasteiger partial charge in [-0.15, -0.1) is 0 Å². The lowest BCUT2D eigenvalue weighted by Crippen LogP contribution is -2.39. The fraction of sp³-hybridized carbons (Fsp3) is 0.235. The minimum absolute atomic E-state index is 0.0307. The zero-order valence-corrected chi connectivity index (χ0v) is 12.5. The number of carbonyl (C=O) groups excluding carboxylic acids is 3. The van der Waals surface area contributed by atoms with E-state index in [1.807, 2.05) is 0 Å². The molecule has 0 bridgehead atoms. The quantitative estimate of drug-likeness (QED) is 0.854. The lowest BCUT2D eigenvalue weighted by molar-refractivity contribution is -0.130. The number of hydrogen-bond donors (Lipinski definition) is 2. The molecule has 0 fully saturated rings. The van der Waals surface area contributed by atoms with Gasteiger partial charge in [-0.25, -0.2) is 0 Å². The van der Waals surface area contributed by atoms with E-state index in [0.29, 0.717) is 0 Å². The number of benzene rings is 1. The van der Waals surface area contributed by atoms with Crippen molar-refractivity contribution in [2.45, 2.75) is 18.9 Å². The Balaban J connectivity index is 2.18. The predicted molar refractivity (Wildman–Crippen MR) is 79.7 cm³/mol. The SMILES string of the molecule is COc1cc(O)c2c(c1)C(=O)C1=C(CC(O)(C(C)=O)C=C1)C2=O. The van der Waals surface area contributed by atoms with Gasteiger partial charge in [-0.2, -0.15) is 0 Å². The molecular formula is C17H14O6. The zero-order chi connectivity index (χ0) is 16.9. The summed E-state index contributed by atoms with van der Waals surface area (Å²) in [6.07, 6.45) is 2.23. The molecule has 118 valence electrons. The molecule has 0 amide bonds. The number of hydrogen-bond acceptors (Lipinski definition) is 6.